The molecule has 1 rings (SSSR count). The Morgan fingerprint density at radius 2 is 1.94 bits per heavy atom. The Labute approximate surface area is 108 Å². The molecule has 0 bridgehead atoms. The molecule has 1 aliphatic rings. The molecule has 5 heteroatoms. The van der Waals surface area contributed by atoms with E-state index in [9.17, 15) is 14.7 Å². The fraction of sp³-hybridized carbons (Fsp3) is 0.846. The fourth-order valence-electron chi connectivity index (χ4n) is 2.58. The Bertz CT molecular complexity index is 295. The number of amides is 1. The lowest BCUT2D eigenvalue weighted by Gasteiger charge is -2.38. The number of piperidine rings is 1. The third-order valence-electron chi connectivity index (χ3n) is 3.78. The van der Waals surface area contributed by atoms with Gasteiger partial charge in [0.05, 0.1) is 18.4 Å². The van der Waals surface area contributed by atoms with Crippen LogP contribution < -0.4 is 0 Å². The minimum atomic E-state index is -0.714. The average Bonchev–Trinajstić information content (AvgIpc) is 2.37. The van der Waals surface area contributed by atoms with Gasteiger partial charge in [0.15, 0.2) is 0 Å². The van der Waals surface area contributed by atoms with E-state index in [4.69, 9.17) is 4.74 Å². The zero-order valence-electron chi connectivity index (χ0n) is 11.3. The number of hydrogen-bond acceptors (Lipinski definition) is 3. The van der Waals surface area contributed by atoms with Gasteiger partial charge in [0.1, 0.15) is 0 Å². The van der Waals surface area contributed by atoms with E-state index < -0.39 is 11.4 Å². The summed E-state index contributed by atoms with van der Waals surface area (Å²) in [4.78, 5) is 24.9. The molecule has 0 aromatic carbocycles. The van der Waals surface area contributed by atoms with E-state index in [0.29, 0.717) is 45.4 Å². The van der Waals surface area contributed by atoms with Crippen LogP contribution in [0.5, 0.6) is 0 Å². The monoisotopic (exact) mass is 257 g/mol. The number of carboxylic acids is 1. The van der Waals surface area contributed by atoms with Crippen LogP contribution in [0.4, 0.5) is 0 Å². The van der Waals surface area contributed by atoms with Crippen molar-refractivity contribution in [3.8, 4) is 0 Å². The van der Waals surface area contributed by atoms with Crippen LogP contribution in [0.2, 0.25) is 0 Å². The maximum atomic E-state index is 11.8. The number of likely N-dealkylation sites (tertiary alicyclic amines) is 1. The third-order valence-corrected chi connectivity index (χ3v) is 3.78. The summed E-state index contributed by atoms with van der Waals surface area (Å²) >= 11 is 0. The van der Waals surface area contributed by atoms with Crippen LogP contribution in [0.3, 0.4) is 0 Å². The van der Waals surface area contributed by atoms with Gasteiger partial charge >= 0.3 is 5.97 Å². The van der Waals surface area contributed by atoms with Crippen molar-refractivity contribution in [2.75, 3.05) is 26.8 Å². The lowest BCUT2D eigenvalue weighted by molar-refractivity contribution is -0.155. The molecule has 0 aromatic heterocycles. The van der Waals surface area contributed by atoms with Gasteiger partial charge in [0.25, 0.3) is 0 Å². The predicted molar refractivity (Wildman–Crippen MR) is 67.3 cm³/mol. The molecule has 104 valence electrons. The van der Waals surface area contributed by atoms with Crippen LogP contribution in [0.1, 0.15) is 39.0 Å². The maximum absolute atomic E-state index is 11.8. The van der Waals surface area contributed by atoms with Crippen molar-refractivity contribution in [1.29, 1.82) is 0 Å². The molecule has 18 heavy (non-hydrogen) atoms. The second-order valence-corrected chi connectivity index (χ2v) is 4.96. The van der Waals surface area contributed by atoms with Crippen LogP contribution in [-0.2, 0) is 14.3 Å². The number of aliphatic carboxylic acids is 1. The van der Waals surface area contributed by atoms with E-state index >= 15 is 0 Å². The highest BCUT2D eigenvalue weighted by molar-refractivity contribution is 5.78. The number of methoxy groups -OCH3 is 1. The van der Waals surface area contributed by atoms with Gasteiger partial charge in [-0.25, -0.2) is 0 Å². The molecule has 1 N–H and O–H groups in total. The summed E-state index contributed by atoms with van der Waals surface area (Å²) in [6.45, 7) is 3.53. The summed E-state index contributed by atoms with van der Waals surface area (Å²) in [5.74, 6) is -0.652. The number of ether oxygens (including phenoxy) is 1. The maximum Gasteiger partial charge on any atom is 0.309 e. The van der Waals surface area contributed by atoms with Crippen molar-refractivity contribution in [1.82, 2.24) is 4.90 Å². The molecule has 0 aliphatic carbocycles. The van der Waals surface area contributed by atoms with Crippen molar-refractivity contribution >= 4 is 11.9 Å². The summed E-state index contributed by atoms with van der Waals surface area (Å²) in [5.41, 5.74) is -0.618. The Hall–Kier alpha value is -1.10. The van der Waals surface area contributed by atoms with Crippen LogP contribution in [0.15, 0.2) is 0 Å². The topological polar surface area (TPSA) is 66.8 Å². The number of carboxylic acid groups (broad SMARTS) is 1. The molecule has 0 unspecified atom stereocenters. The summed E-state index contributed by atoms with van der Waals surface area (Å²) in [6, 6.07) is 0. The smallest absolute Gasteiger partial charge is 0.309 e. The zero-order valence-corrected chi connectivity index (χ0v) is 11.3. The number of hydrogen-bond donors (Lipinski definition) is 1. The second-order valence-electron chi connectivity index (χ2n) is 4.96. The minimum Gasteiger partial charge on any atom is -0.481 e. The van der Waals surface area contributed by atoms with Crippen molar-refractivity contribution in [3.05, 3.63) is 0 Å². The van der Waals surface area contributed by atoms with Gasteiger partial charge in [-0.1, -0.05) is 13.3 Å². The van der Waals surface area contributed by atoms with Gasteiger partial charge in [0.2, 0.25) is 5.91 Å². The highest BCUT2D eigenvalue weighted by Gasteiger charge is 2.41. The summed E-state index contributed by atoms with van der Waals surface area (Å²) in [7, 11) is 1.57. The average molecular weight is 257 g/mol. The molecule has 1 saturated heterocycles. The van der Waals surface area contributed by atoms with Gasteiger partial charge in [-0.3, -0.25) is 9.59 Å². The van der Waals surface area contributed by atoms with Crippen molar-refractivity contribution < 1.29 is 19.4 Å². The van der Waals surface area contributed by atoms with E-state index in [0.717, 1.165) is 6.42 Å². The molecule has 1 heterocycles. The van der Waals surface area contributed by atoms with E-state index in [1.807, 2.05) is 6.92 Å². The number of carbonyl (C=O) groups excluding carboxylic acids is 1. The van der Waals surface area contributed by atoms with Crippen molar-refractivity contribution in [2.24, 2.45) is 5.41 Å². The highest BCUT2D eigenvalue weighted by atomic mass is 16.5. The molecule has 1 amide bonds. The lowest BCUT2D eigenvalue weighted by Crippen LogP contribution is -2.46. The van der Waals surface area contributed by atoms with Crippen molar-refractivity contribution in [3.63, 3.8) is 0 Å². The van der Waals surface area contributed by atoms with Gasteiger partial charge < -0.3 is 14.7 Å². The molecule has 0 atom stereocenters. The molecule has 1 fully saturated rings. The van der Waals surface area contributed by atoms with Crippen LogP contribution in [-0.4, -0.2) is 48.7 Å². The van der Waals surface area contributed by atoms with Gasteiger partial charge in [-0.15, -0.1) is 0 Å². The van der Waals surface area contributed by atoms with Crippen LogP contribution in [0, 0.1) is 5.41 Å². The first-order valence-corrected chi connectivity index (χ1v) is 6.56. The molecule has 5 nitrogen and oxygen atoms in total. The molecule has 0 spiro atoms. The molecule has 0 aromatic rings. The summed E-state index contributed by atoms with van der Waals surface area (Å²) in [6.07, 6.45) is 3.07. The molecule has 0 saturated carbocycles. The zero-order chi connectivity index (χ0) is 13.6. The summed E-state index contributed by atoms with van der Waals surface area (Å²) in [5, 5.41) is 9.36. The summed E-state index contributed by atoms with van der Waals surface area (Å²) < 4.78 is 4.88. The van der Waals surface area contributed by atoms with E-state index in [1.165, 1.54) is 0 Å². The quantitative estimate of drug-likeness (QED) is 0.783. The van der Waals surface area contributed by atoms with E-state index in [1.54, 1.807) is 12.0 Å². The first-order chi connectivity index (χ1) is 8.55. The second kappa shape index (κ2) is 6.73. The molecular weight excluding hydrogens is 234 g/mol. The van der Waals surface area contributed by atoms with Crippen LogP contribution in [0.25, 0.3) is 0 Å². The van der Waals surface area contributed by atoms with Gasteiger partial charge in [-0.05, 0) is 19.3 Å². The first-order valence-electron chi connectivity index (χ1n) is 6.56. The fourth-order valence-corrected chi connectivity index (χ4v) is 2.58. The Morgan fingerprint density at radius 3 is 2.39 bits per heavy atom. The number of nitrogens with zero attached hydrogens (tertiary/aromatic N) is 1. The van der Waals surface area contributed by atoms with Gasteiger partial charge in [-0.2, -0.15) is 0 Å². The van der Waals surface area contributed by atoms with Gasteiger partial charge in [0, 0.05) is 20.2 Å². The van der Waals surface area contributed by atoms with E-state index in [-0.39, 0.29) is 5.91 Å². The lowest BCUT2D eigenvalue weighted by atomic mass is 9.75. The minimum absolute atomic E-state index is 0.0623. The first kappa shape index (κ1) is 15.0. The van der Waals surface area contributed by atoms with Crippen LogP contribution >= 0.6 is 0 Å². The Balaban J connectivity index is 2.52. The number of carbonyl (C=O) groups is 2. The standard InChI is InChI=1S/C13H23NO4/c1-3-5-13(12(16)17)6-8-14(9-7-13)11(15)4-10-18-2/h3-10H2,1-2H3,(H,16,17). The molecule has 1 aliphatic heterocycles. The highest BCUT2D eigenvalue weighted by Crippen LogP contribution is 2.36. The van der Waals surface area contributed by atoms with Crippen molar-refractivity contribution in [2.45, 2.75) is 39.0 Å². The SMILES string of the molecule is CCCC1(C(=O)O)CCN(C(=O)CCOC)CC1. The largest absolute Gasteiger partial charge is 0.481 e. The normalized spacial score (nSPS) is 18.7. The Morgan fingerprint density at radius 1 is 1.33 bits per heavy atom. The third kappa shape index (κ3) is 3.45. The molecule has 0 radical (unpaired) electrons. The predicted octanol–water partition coefficient (Wildman–Crippen LogP) is 1.52. The number of rotatable bonds is 6. The Kier molecular flexibility index (Phi) is 5.59. The van der Waals surface area contributed by atoms with E-state index in [2.05, 4.69) is 0 Å². The molecular formula is C13H23NO4.